The highest BCUT2D eigenvalue weighted by atomic mass is 16.5. The first-order chi connectivity index (χ1) is 8.07. The Bertz CT molecular complexity index is 400. The highest BCUT2D eigenvalue weighted by Crippen LogP contribution is 2.51. The van der Waals surface area contributed by atoms with Crippen molar-refractivity contribution < 1.29 is 4.74 Å². The summed E-state index contributed by atoms with van der Waals surface area (Å²) in [6, 6.07) is 3.72. The molecule has 0 radical (unpaired) electrons. The Kier molecular flexibility index (Phi) is 3.13. The SMILES string of the molecule is COc1nc(NCC2(C(C)C)CC2)ccc1N. The van der Waals surface area contributed by atoms with Crippen LogP contribution in [0.25, 0.3) is 0 Å². The highest BCUT2D eigenvalue weighted by Gasteiger charge is 2.44. The molecular formula is C13H21N3O. The first-order valence-electron chi connectivity index (χ1n) is 6.12. The minimum atomic E-state index is 0.469. The van der Waals surface area contributed by atoms with Crippen LogP contribution < -0.4 is 15.8 Å². The van der Waals surface area contributed by atoms with E-state index in [0.717, 1.165) is 12.4 Å². The van der Waals surface area contributed by atoms with E-state index in [1.54, 1.807) is 7.11 Å². The maximum atomic E-state index is 5.73. The van der Waals surface area contributed by atoms with Crippen molar-refractivity contribution in [2.24, 2.45) is 11.3 Å². The monoisotopic (exact) mass is 235 g/mol. The Hall–Kier alpha value is -1.45. The number of nitrogen functional groups attached to an aromatic ring is 1. The topological polar surface area (TPSA) is 60.2 Å². The number of ether oxygens (including phenoxy) is 1. The van der Waals surface area contributed by atoms with Crippen molar-refractivity contribution in [3.63, 3.8) is 0 Å². The fourth-order valence-electron chi connectivity index (χ4n) is 2.10. The molecule has 1 aromatic rings. The molecule has 2 rings (SSSR count). The number of nitrogens with zero attached hydrogens (tertiary/aromatic N) is 1. The molecule has 0 amide bonds. The van der Waals surface area contributed by atoms with E-state index in [1.165, 1.54) is 12.8 Å². The fraction of sp³-hybridized carbons (Fsp3) is 0.615. The molecule has 94 valence electrons. The largest absolute Gasteiger partial charge is 0.479 e. The summed E-state index contributed by atoms with van der Waals surface area (Å²) in [5.41, 5.74) is 6.77. The summed E-state index contributed by atoms with van der Waals surface area (Å²) in [4.78, 5) is 4.32. The van der Waals surface area contributed by atoms with Crippen LogP contribution in [-0.4, -0.2) is 18.6 Å². The van der Waals surface area contributed by atoms with E-state index in [9.17, 15) is 0 Å². The average Bonchev–Trinajstić information content (AvgIpc) is 3.09. The third-order valence-corrected chi connectivity index (χ3v) is 3.82. The Morgan fingerprint density at radius 3 is 2.71 bits per heavy atom. The molecule has 0 atom stereocenters. The van der Waals surface area contributed by atoms with Gasteiger partial charge in [0.2, 0.25) is 5.88 Å². The molecular weight excluding hydrogens is 214 g/mol. The highest BCUT2D eigenvalue weighted by molar-refractivity contribution is 5.53. The molecule has 1 fully saturated rings. The van der Waals surface area contributed by atoms with Crippen LogP contribution in [-0.2, 0) is 0 Å². The second-order valence-electron chi connectivity index (χ2n) is 5.17. The number of hydrogen-bond donors (Lipinski definition) is 2. The predicted molar refractivity (Wildman–Crippen MR) is 70.2 cm³/mol. The second-order valence-corrected chi connectivity index (χ2v) is 5.17. The van der Waals surface area contributed by atoms with Crippen molar-refractivity contribution in [1.82, 2.24) is 4.98 Å². The van der Waals surface area contributed by atoms with Crippen LogP contribution in [0.2, 0.25) is 0 Å². The molecule has 0 bridgehead atoms. The Balaban J connectivity index is 2.00. The maximum absolute atomic E-state index is 5.73. The molecule has 0 spiro atoms. The minimum absolute atomic E-state index is 0.469. The molecule has 17 heavy (non-hydrogen) atoms. The van der Waals surface area contributed by atoms with Crippen molar-refractivity contribution in [1.29, 1.82) is 0 Å². The predicted octanol–water partition coefficient (Wildman–Crippen LogP) is 2.52. The summed E-state index contributed by atoms with van der Waals surface area (Å²) in [7, 11) is 1.58. The molecule has 1 saturated carbocycles. The number of hydrogen-bond acceptors (Lipinski definition) is 4. The molecule has 1 aliphatic rings. The van der Waals surface area contributed by atoms with Crippen LogP contribution in [0, 0.1) is 11.3 Å². The van der Waals surface area contributed by atoms with Crippen LogP contribution >= 0.6 is 0 Å². The van der Waals surface area contributed by atoms with Crippen LogP contribution in [0.3, 0.4) is 0 Å². The normalized spacial score (nSPS) is 16.9. The number of pyridine rings is 1. The van der Waals surface area contributed by atoms with Gasteiger partial charge in [-0.1, -0.05) is 13.8 Å². The summed E-state index contributed by atoms with van der Waals surface area (Å²) < 4.78 is 5.10. The molecule has 1 aromatic heterocycles. The number of nitrogens with two attached hydrogens (primary N) is 1. The molecule has 0 unspecified atom stereocenters. The van der Waals surface area contributed by atoms with E-state index in [4.69, 9.17) is 10.5 Å². The van der Waals surface area contributed by atoms with E-state index in [0.29, 0.717) is 22.9 Å². The third-order valence-electron chi connectivity index (χ3n) is 3.82. The number of anilines is 2. The number of nitrogens with one attached hydrogen (secondary N) is 1. The van der Waals surface area contributed by atoms with E-state index >= 15 is 0 Å². The smallest absolute Gasteiger partial charge is 0.238 e. The Morgan fingerprint density at radius 1 is 1.47 bits per heavy atom. The van der Waals surface area contributed by atoms with E-state index in [-0.39, 0.29) is 0 Å². The number of aromatic nitrogens is 1. The van der Waals surface area contributed by atoms with Crippen molar-refractivity contribution in [2.45, 2.75) is 26.7 Å². The zero-order valence-electron chi connectivity index (χ0n) is 10.8. The van der Waals surface area contributed by atoms with E-state index < -0.39 is 0 Å². The van der Waals surface area contributed by atoms with Gasteiger partial charge < -0.3 is 15.8 Å². The van der Waals surface area contributed by atoms with Crippen LogP contribution in [0.5, 0.6) is 5.88 Å². The standard InChI is InChI=1S/C13H21N3O/c1-9(2)13(6-7-13)8-15-11-5-4-10(14)12(16-11)17-3/h4-5,9H,6-8,14H2,1-3H3,(H,15,16). The van der Waals surface area contributed by atoms with Gasteiger partial charge in [0.05, 0.1) is 12.8 Å². The van der Waals surface area contributed by atoms with Crippen LogP contribution in [0.15, 0.2) is 12.1 Å². The van der Waals surface area contributed by atoms with Gasteiger partial charge >= 0.3 is 0 Å². The number of rotatable bonds is 5. The number of methoxy groups -OCH3 is 1. The summed E-state index contributed by atoms with van der Waals surface area (Å²) in [6.45, 7) is 5.54. The van der Waals surface area contributed by atoms with E-state index in [2.05, 4.69) is 24.1 Å². The van der Waals surface area contributed by atoms with Gasteiger partial charge in [0, 0.05) is 6.54 Å². The lowest BCUT2D eigenvalue weighted by Gasteiger charge is -2.20. The first-order valence-corrected chi connectivity index (χ1v) is 6.12. The molecule has 1 aliphatic carbocycles. The molecule has 0 aliphatic heterocycles. The lowest BCUT2D eigenvalue weighted by molar-refractivity contribution is 0.378. The average molecular weight is 235 g/mol. The lowest BCUT2D eigenvalue weighted by Crippen LogP contribution is -2.21. The quantitative estimate of drug-likeness (QED) is 0.823. The summed E-state index contributed by atoms with van der Waals surface area (Å²) in [6.07, 6.45) is 2.62. The van der Waals surface area contributed by atoms with Gasteiger partial charge in [0.1, 0.15) is 5.82 Å². The van der Waals surface area contributed by atoms with Gasteiger partial charge in [0.15, 0.2) is 0 Å². The lowest BCUT2D eigenvalue weighted by atomic mass is 9.92. The second kappa shape index (κ2) is 4.43. The van der Waals surface area contributed by atoms with Crippen LogP contribution in [0.4, 0.5) is 11.5 Å². The van der Waals surface area contributed by atoms with Gasteiger partial charge in [-0.25, -0.2) is 0 Å². The summed E-state index contributed by atoms with van der Waals surface area (Å²) >= 11 is 0. The van der Waals surface area contributed by atoms with Gasteiger partial charge in [-0.05, 0) is 36.3 Å². The van der Waals surface area contributed by atoms with Gasteiger partial charge in [0.25, 0.3) is 0 Å². The van der Waals surface area contributed by atoms with Crippen molar-refractivity contribution >= 4 is 11.5 Å². The van der Waals surface area contributed by atoms with Crippen molar-refractivity contribution in [2.75, 3.05) is 24.7 Å². The molecule has 1 heterocycles. The Labute approximate surface area is 103 Å². The zero-order valence-corrected chi connectivity index (χ0v) is 10.8. The summed E-state index contributed by atoms with van der Waals surface area (Å²) in [5.74, 6) is 2.04. The van der Waals surface area contributed by atoms with Crippen molar-refractivity contribution in [3.8, 4) is 5.88 Å². The zero-order chi connectivity index (χ0) is 12.5. The third kappa shape index (κ3) is 2.46. The van der Waals surface area contributed by atoms with Crippen LogP contribution in [0.1, 0.15) is 26.7 Å². The maximum Gasteiger partial charge on any atom is 0.238 e. The summed E-state index contributed by atoms with van der Waals surface area (Å²) in [5, 5.41) is 3.38. The van der Waals surface area contributed by atoms with Gasteiger partial charge in [-0.15, -0.1) is 0 Å². The molecule has 3 N–H and O–H groups in total. The fourth-order valence-corrected chi connectivity index (χ4v) is 2.10. The van der Waals surface area contributed by atoms with Crippen molar-refractivity contribution in [3.05, 3.63) is 12.1 Å². The van der Waals surface area contributed by atoms with E-state index in [1.807, 2.05) is 12.1 Å². The first kappa shape index (κ1) is 12.0. The van der Waals surface area contributed by atoms with Gasteiger partial charge in [-0.3, -0.25) is 0 Å². The Morgan fingerprint density at radius 2 is 2.18 bits per heavy atom. The van der Waals surface area contributed by atoms with Gasteiger partial charge in [-0.2, -0.15) is 4.98 Å². The minimum Gasteiger partial charge on any atom is -0.479 e. The molecule has 0 saturated heterocycles. The molecule has 4 nitrogen and oxygen atoms in total. The molecule has 0 aromatic carbocycles. The molecule has 4 heteroatoms.